The minimum absolute atomic E-state index is 0.0388. The lowest BCUT2D eigenvalue weighted by molar-refractivity contribution is -0.145. The first-order chi connectivity index (χ1) is 14.6. The zero-order valence-corrected chi connectivity index (χ0v) is 17.9. The molecule has 1 heterocycles. The molecule has 7 aliphatic rings. The van der Waals surface area contributed by atoms with Crippen molar-refractivity contribution in [1.29, 1.82) is 0 Å². The van der Waals surface area contributed by atoms with Gasteiger partial charge in [-0.2, -0.15) is 0 Å². The van der Waals surface area contributed by atoms with Crippen molar-refractivity contribution in [2.24, 2.45) is 28.7 Å². The standard InChI is InChI=1S/C24H36N4O2/c29-22(27-20-16-8-14-9-17(20)12-24(30,10-14)11-16)19-13-25-23(26-18-6-1-2-7-18)28-21(19)15-4-3-5-15/h13-18,20,23,26,28,30H,1-12H2,(H,27,29). The molecule has 30 heavy (non-hydrogen) atoms. The summed E-state index contributed by atoms with van der Waals surface area (Å²) in [6.07, 6.45) is 15.4. The van der Waals surface area contributed by atoms with Gasteiger partial charge in [0.05, 0.1) is 11.2 Å². The molecule has 6 saturated carbocycles. The van der Waals surface area contributed by atoms with Gasteiger partial charge in [-0.1, -0.05) is 19.3 Å². The zero-order chi connectivity index (χ0) is 20.3. The summed E-state index contributed by atoms with van der Waals surface area (Å²) >= 11 is 0. The predicted octanol–water partition coefficient (Wildman–Crippen LogP) is 2.59. The van der Waals surface area contributed by atoms with Gasteiger partial charge < -0.3 is 15.7 Å². The van der Waals surface area contributed by atoms with E-state index in [-0.39, 0.29) is 18.2 Å². The van der Waals surface area contributed by atoms with Crippen LogP contribution in [0.3, 0.4) is 0 Å². The maximum Gasteiger partial charge on any atom is 0.254 e. The molecule has 7 rings (SSSR count). The second-order valence-electron chi connectivity index (χ2n) is 11.1. The number of hydrogen-bond donors (Lipinski definition) is 4. The number of nitrogens with zero attached hydrogens (tertiary/aromatic N) is 1. The monoisotopic (exact) mass is 412 g/mol. The maximum absolute atomic E-state index is 13.4. The Bertz CT molecular complexity index is 751. The number of nitrogens with one attached hydrogen (secondary N) is 3. The summed E-state index contributed by atoms with van der Waals surface area (Å²) in [4.78, 5) is 18.1. The highest BCUT2D eigenvalue weighted by Crippen LogP contribution is 2.55. The molecule has 3 atom stereocenters. The summed E-state index contributed by atoms with van der Waals surface area (Å²) in [6.45, 7) is 0. The highest BCUT2D eigenvalue weighted by atomic mass is 16.3. The Kier molecular flexibility index (Phi) is 4.72. The van der Waals surface area contributed by atoms with Crippen molar-refractivity contribution in [3.63, 3.8) is 0 Å². The van der Waals surface area contributed by atoms with Crippen LogP contribution in [0.2, 0.25) is 0 Å². The molecule has 6 fully saturated rings. The van der Waals surface area contributed by atoms with E-state index in [1.54, 1.807) is 0 Å². The molecular formula is C24H36N4O2. The van der Waals surface area contributed by atoms with E-state index in [9.17, 15) is 9.90 Å². The van der Waals surface area contributed by atoms with Crippen LogP contribution in [-0.2, 0) is 4.79 Å². The fourth-order valence-corrected chi connectivity index (χ4v) is 7.54. The van der Waals surface area contributed by atoms with Crippen LogP contribution < -0.4 is 16.0 Å². The van der Waals surface area contributed by atoms with Crippen molar-refractivity contribution in [2.45, 2.75) is 101 Å². The van der Waals surface area contributed by atoms with E-state index < -0.39 is 5.60 Å². The summed E-state index contributed by atoms with van der Waals surface area (Å²) in [5.74, 6) is 2.03. The molecule has 4 bridgehead atoms. The predicted molar refractivity (Wildman–Crippen MR) is 116 cm³/mol. The third-order valence-corrected chi connectivity index (χ3v) is 8.98. The van der Waals surface area contributed by atoms with Gasteiger partial charge in [0.1, 0.15) is 0 Å². The van der Waals surface area contributed by atoms with Gasteiger partial charge in [0.15, 0.2) is 6.29 Å². The molecule has 3 unspecified atom stereocenters. The number of rotatable bonds is 5. The van der Waals surface area contributed by atoms with Gasteiger partial charge in [0, 0.05) is 24.0 Å². The average molecular weight is 413 g/mol. The number of carbonyl (C=O) groups is 1. The molecule has 4 N–H and O–H groups in total. The molecule has 0 aromatic heterocycles. The molecule has 1 aliphatic heterocycles. The van der Waals surface area contributed by atoms with E-state index in [0.717, 1.165) is 56.2 Å². The van der Waals surface area contributed by atoms with Crippen molar-refractivity contribution >= 4 is 12.1 Å². The van der Waals surface area contributed by atoms with Gasteiger partial charge >= 0.3 is 0 Å². The topological polar surface area (TPSA) is 85.8 Å². The Balaban J connectivity index is 1.17. The van der Waals surface area contributed by atoms with E-state index in [0.29, 0.717) is 29.7 Å². The lowest BCUT2D eigenvalue weighted by Crippen LogP contribution is -2.62. The highest BCUT2D eigenvalue weighted by Gasteiger charge is 2.55. The molecule has 6 nitrogen and oxygen atoms in total. The van der Waals surface area contributed by atoms with Crippen LogP contribution in [0, 0.1) is 23.7 Å². The van der Waals surface area contributed by atoms with Crippen LogP contribution >= 0.6 is 0 Å². The van der Waals surface area contributed by atoms with E-state index >= 15 is 0 Å². The molecule has 6 aliphatic carbocycles. The number of hydrogen-bond acceptors (Lipinski definition) is 5. The van der Waals surface area contributed by atoms with E-state index in [1.807, 2.05) is 6.21 Å². The molecule has 0 radical (unpaired) electrons. The first-order valence-corrected chi connectivity index (χ1v) is 12.4. The van der Waals surface area contributed by atoms with Gasteiger partial charge in [0.2, 0.25) is 0 Å². The summed E-state index contributed by atoms with van der Waals surface area (Å²) in [6, 6.07) is 0.753. The van der Waals surface area contributed by atoms with E-state index in [4.69, 9.17) is 0 Å². The summed E-state index contributed by atoms with van der Waals surface area (Å²) in [7, 11) is 0. The second kappa shape index (κ2) is 7.33. The fourth-order valence-electron chi connectivity index (χ4n) is 7.54. The second-order valence-corrected chi connectivity index (χ2v) is 11.1. The Morgan fingerprint density at radius 2 is 1.80 bits per heavy atom. The average Bonchev–Trinajstić information content (AvgIpc) is 3.15. The smallest absolute Gasteiger partial charge is 0.254 e. The van der Waals surface area contributed by atoms with Crippen LogP contribution in [0.1, 0.15) is 77.0 Å². The molecule has 6 heteroatoms. The molecule has 1 amide bonds. The van der Waals surface area contributed by atoms with Crippen LogP contribution in [0.15, 0.2) is 16.3 Å². The van der Waals surface area contributed by atoms with Gasteiger partial charge in [-0.05, 0) is 81.5 Å². The lowest BCUT2D eigenvalue weighted by atomic mass is 9.52. The number of aliphatic hydroxyl groups is 1. The van der Waals surface area contributed by atoms with Crippen molar-refractivity contribution in [1.82, 2.24) is 16.0 Å². The third-order valence-electron chi connectivity index (χ3n) is 8.98. The van der Waals surface area contributed by atoms with Gasteiger partial charge in [-0.15, -0.1) is 0 Å². The molecule has 0 aromatic rings. The summed E-state index contributed by atoms with van der Waals surface area (Å²) in [5.41, 5.74) is 1.39. The van der Waals surface area contributed by atoms with Crippen molar-refractivity contribution in [2.75, 3.05) is 0 Å². The lowest BCUT2D eigenvalue weighted by Gasteiger charge is -2.58. The first kappa shape index (κ1) is 19.3. The molecule has 0 saturated heterocycles. The minimum atomic E-state index is -0.457. The van der Waals surface area contributed by atoms with E-state index in [2.05, 4.69) is 20.9 Å². The summed E-state index contributed by atoms with van der Waals surface area (Å²) < 4.78 is 0. The number of amides is 1. The normalized spacial score (nSPS) is 43.0. The van der Waals surface area contributed by atoms with Gasteiger partial charge in [0.25, 0.3) is 5.91 Å². The number of allylic oxidation sites excluding steroid dienone is 1. The molecule has 0 aromatic carbocycles. The third kappa shape index (κ3) is 3.40. The maximum atomic E-state index is 13.4. The fraction of sp³-hybridized carbons (Fsp3) is 0.833. The van der Waals surface area contributed by atoms with Gasteiger partial charge in [-0.3, -0.25) is 15.1 Å². The van der Waals surface area contributed by atoms with Crippen LogP contribution in [0.4, 0.5) is 0 Å². The molecule has 0 spiro atoms. The molecule has 164 valence electrons. The van der Waals surface area contributed by atoms with Gasteiger partial charge in [-0.25, -0.2) is 0 Å². The van der Waals surface area contributed by atoms with Crippen molar-refractivity contribution < 1.29 is 9.90 Å². The Morgan fingerprint density at radius 1 is 1.07 bits per heavy atom. The Labute approximate surface area is 179 Å². The quantitative estimate of drug-likeness (QED) is 0.559. The first-order valence-electron chi connectivity index (χ1n) is 12.4. The van der Waals surface area contributed by atoms with E-state index in [1.165, 1.54) is 32.1 Å². The van der Waals surface area contributed by atoms with Crippen LogP contribution in [0.5, 0.6) is 0 Å². The van der Waals surface area contributed by atoms with Crippen LogP contribution in [-0.4, -0.2) is 41.2 Å². The highest BCUT2D eigenvalue weighted by molar-refractivity contribution is 6.13. The van der Waals surface area contributed by atoms with Crippen molar-refractivity contribution in [3.05, 3.63) is 11.3 Å². The largest absolute Gasteiger partial charge is 0.390 e. The Morgan fingerprint density at radius 3 is 2.43 bits per heavy atom. The van der Waals surface area contributed by atoms with Crippen molar-refractivity contribution in [3.8, 4) is 0 Å². The Hall–Kier alpha value is -1.40. The minimum Gasteiger partial charge on any atom is -0.390 e. The number of aliphatic imine (C=N–C) groups is 1. The summed E-state index contributed by atoms with van der Waals surface area (Å²) in [5, 5.41) is 21.5. The number of carbonyl (C=O) groups excluding carboxylic acids is 1. The molecular weight excluding hydrogens is 376 g/mol. The zero-order valence-electron chi connectivity index (χ0n) is 17.9. The van der Waals surface area contributed by atoms with Crippen LogP contribution in [0.25, 0.3) is 0 Å². The SMILES string of the molecule is O=C(NC1C2CC3CC1CC(O)(C3)C2)C1=C(C2CCC2)NC(NC2CCCC2)N=C1.